The van der Waals surface area contributed by atoms with E-state index in [0.29, 0.717) is 4.83 Å². The molecule has 0 N–H and O–H groups in total. The molecule has 0 fully saturated rings. The van der Waals surface area contributed by atoms with E-state index in [0.717, 1.165) is 12.1 Å². The third-order valence-corrected chi connectivity index (χ3v) is 1.79. The van der Waals surface area contributed by atoms with Gasteiger partial charge in [0.15, 0.2) is 0 Å². The summed E-state index contributed by atoms with van der Waals surface area (Å²) < 4.78 is 0. The monoisotopic (exact) mass is 213 g/mol. The quantitative estimate of drug-likeness (QED) is 0.689. The van der Waals surface area contributed by atoms with Gasteiger partial charge in [0.25, 0.3) is 0 Å². The molecule has 1 atom stereocenters. The number of halogens is 1. The van der Waals surface area contributed by atoms with Crippen molar-refractivity contribution in [3.8, 4) is 0 Å². The first-order valence-electron chi connectivity index (χ1n) is 3.74. The van der Waals surface area contributed by atoms with Gasteiger partial charge in [-0.3, -0.25) is 4.98 Å². The van der Waals surface area contributed by atoms with Crippen LogP contribution in [0.3, 0.4) is 0 Å². The second-order valence-electron chi connectivity index (χ2n) is 2.81. The molecule has 11 heavy (non-hydrogen) atoms. The largest absolute Gasteiger partial charge is 0.261 e. The molecule has 1 aromatic rings. The molecule has 0 aromatic carbocycles. The Kier molecular flexibility index (Phi) is 3.06. The van der Waals surface area contributed by atoms with Crippen LogP contribution in [0.5, 0.6) is 0 Å². The molecule has 0 amide bonds. The van der Waals surface area contributed by atoms with Crippen LogP contribution in [0.15, 0.2) is 18.3 Å². The lowest BCUT2D eigenvalue weighted by Gasteiger charge is -2.02. The number of aromatic nitrogens is 1. The summed E-state index contributed by atoms with van der Waals surface area (Å²) >= 11 is 3.50. The molecule has 1 rings (SSSR count). The summed E-state index contributed by atoms with van der Waals surface area (Å²) in [7, 11) is 0. The van der Waals surface area contributed by atoms with Crippen molar-refractivity contribution in [2.75, 3.05) is 0 Å². The molecule has 1 aromatic heterocycles. The number of hydrogen-bond acceptors (Lipinski definition) is 1. The molecule has 0 radical (unpaired) electrons. The molecule has 0 spiro atoms. The summed E-state index contributed by atoms with van der Waals surface area (Å²) in [6, 6.07) is 4.14. The van der Waals surface area contributed by atoms with Gasteiger partial charge in [-0.25, -0.2) is 0 Å². The number of rotatable bonds is 2. The summed E-state index contributed by atoms with van der Waals surface area (Å²) in [5.41, 5.74) is 2.44. The van der Waals surface area contributed by atoms with Crippen LogP contribution in [-0.4, -0.2) is 9.81 Å². The Morgan fingerprint density at radius 2 is 2.36 bits per heavy atom. The zero-order valence-corrected chi connectivity index (χ0v) is 8.43. The standard InChI is InChI=1S/C9H12BrN/c1-7-3-4-11-9(5-7)6-8(2)10/h3-5,8H,6H2,1-2H3. The van der Waals surface area contributed by atoms with Gasteiger partial charge in [-0.15, -0.1) is 0 Å². The number of alkyl halides is 1. The zero-order chi connectivity index (χ0) is 8.27. The van der Waals surface area contributed by atoms with E-state index in [9.17, 15) is 0 Å². The van der Waals surface area contributed by atoms with Gasteiger partial charge in [0.1, 0.15) is 0 Å². The van der Waals surface area contributed by atoms with Crippen molar-refractivity contribution >= 4 is 15.9 Å². The van der Waals surface area contributed by atoms with Crippen LogP contribution in [0.25, 0.3) is 0 Å². The normalized spacial score (nSPS) is 13.0. The first-order chi connectivity index (χ1) is 5.18. The van der Waals surface area contributed by atoms with Gasteiger partial charge < -0.3 is 0 Å². The lowest BCUT2D eigenvalue weighted by Crippen LogP contribution is -1.98. The molecule has 0 aliphatic rings. The predicted octanol–water partition coefficient (Wildman–Crippen LogP) is 2.72. The molecule has 0 bridgehead atoms. The molecule has 0 aliphatic heterocycles. The van der Waals surface area contributed by atoms with Crippen LogP contribution in [0.4, 0.5) is 0 Å². The van der Waals surface area contributed by atoms with E-state index < -0.39 is 0 Å². The topological polar surface area (TPSA) is 12.9 Å². The Morgan fingerprint density at radius 1 is 1.64 bits per heavy atom. The third kappa shape index (κ3) is 3.02. The average Bonchev–Trinajstić information content (AvgIpc) is 1.85. The van der Waals surface area contributed by atoms with Gasteiger partial charge in [-0.2, -0.15) is 0 Å². The molecule has 1 nitrogen and oxygen atoms in total. The van der Waals surface area contributed by atoms with E-state index in [1.807, 2.05) is 12.3 Å². The summed E-state index contributed by atoms with van der Waals surface area (Å²) in [6.45, 7) is 4.22. The SMILES string of the molecule is Cc1ccnc(CC(C)Br)c1. The first kappa shape index (κ1) is 8.72. The second kappa shape index (κ2) is 3.86. The molecule has 0 aliphatic carbocycles. The Labute approximate surface area is 76.0 Å². The molecule has 0 saturated heterocycles. The fourth-order valence-corrected chi connectivity index (χ4v) is 1.33. The minimum Gasteiger partial charge on any atom is -0.261 e. The van der Waals surface area contributed by atoms with E-state index in [1.54, 1.807) is 0 Å². The van der Waals surface area contributed by atoms with Crippen molar-refractivity contribution in [2.24, 2.45) is 0 Å². The fraction of sp³-hybridized carbons (Fsp3) is 0.444. The highest BCUT2D eigenvalue weighted by Crippen LogP contribution is 2.07. The highest BCUT2D eigenvalue weighted by molar-refractivity contribution is 9.09. The van der Waals surface area contributed by atoms with Crippen LogP contribution in [0.1, 0.15) is 18.2 Å². The van der Waals surface area contributed by atoms with Gasteiger partial charge in [0, 0.05) is 23.1 Å². The van der Waals surface area contributed by atoms with E-state index in [4.69, 9.17) is 0 Å². The fourth-order valence-electron chi connectivity index (χ4n) is 0.999. The molecule has 0 saturated carbocycles. The van der Waals surface area contributed by atoms with Crippen molar-refractivity contribution in [1.82, 2.24) is 4.98 Å². The molecular formula is C9H12BrN. The van der Waals surface area contributed by atoms with Crippen LogP contribution >= 0.6 is 15.9 Å². The summed E-state index contributed by atoms with van der Waals surface area (Å²) in [5.74, 6) is 0. The Bertz CT molecular complexity index is 233. The summed E-state index contributed by atoms with van der Waals surface area (Å²) in [4.78, 5) is 4.76. The first-order valence-corrected chi connectivity index (χ1v) is 4.65. The van der Waals surface area contributed by atoms with E-state index in [1.165, 1.54) is 5.56 Å². The molecular weight excluding hydrogens is 202 g/mol. The van der Waals surface area contributed by atoms with Crippen molar-refractivity contribution in [3.63, 3.8) is 0 Å². The van der Waals surface area contributed by atoms with Crippen LogP contribution in [0.2, 0.25) is 0 Å². The van der Waals surface area contributed by atoms with Gasteiger partial charge in [-0.1, -0.05) is 22.9 Å². The minimum atomic E-state index is 0.511. The molecule has 2 heteroatoms. The maximum atomic E-state index is 4.25. The zero-order valence-electron chi connectivity index (χ0n) is 6.84. The number of nitrogens with zero attached hydrogens (tertiary/aromatic N) is 1. The number of aryl methyl sites for hydroxylation is 1. The highest BCUT2D eigenvalue weighted by Gasteiger charge is 1.99. The minimum absolute atomic E-state index is 0.511. The molecule has 1 unspecified atom stereocenters. The predicted molar refractivity (Wildman–Crippen MR) is 51.1 cm³/mol. The van der Waals surface area contributed by atoms with Gasteiger partial charge >= 0.3 is 0 Å². The second-order valence-corrected chi connectivity index (χ2v) is 4.37. The van der Waals surface area contributed by atoms with Crippen LogP contribution in [0, 0.1) is 6.92 Å². The maximum absolute atomic E-state index is 4.25. The lowest BCUT2D eigenvalue weighted by molar-refractivity contribution is 0.911. The van der Waals surface area contributed by atoms with Gasteiger partial charge in [-0.05, 0) is 24.6 Å². The molecule has 60 valence electrons. The van der Waals surface area contributed by atoms with Gasteiger partial charge in [0.2, 0.25) is 0 Å². The summed E-state index contributed by atoms with van der Waals surface area (Å²) in [6.07, 6.45) is 2.86. The van der Waals surface area contributed by atoms with Crippen molar-refractivity contribution in [2.45, 2.75) is 25.1 Å². The van der Waals surface area contributed by atoms with Crippen molar-refractivity contribution in [3.05, 3.63) is 29.6 Å². The summed E-state index contributed by atoms with van der Waals surface area (Å²) in [5, 5.41) is 0. The van der Waals surface area contributed by atoms with E-state index in [-0.39, 0.29) is 0 Å². The van der Waals surface area contributed by atoms with Crippen molar-refractivity contribution < 1.29 is 0 Å². The lowest BCUT2D eigenvalue weighted by atomic mass is 10.2. The van der Waals surface area contributed by atoms with Crippen LogP contribution in [-0.2, 0) is 6.42 Å². The average molecular weight is 214 g/mol. The Morgan fingerprint density at radius 3 is 2.91 bits per heavy atom. The van der Waals surface area contributed by atoms with Crippen molar-refractivity contribution in [1.29, 1.82) is 0 Å². The van der Waals surface area contributed by atoms with Gasteiger partial charge in [0.05, 0.1) is 0 Å². The smallest absolute Gasteiger partial charge is 0.0417 e. The molecule has 1 heterocycles. The maximum Gasteiger partial charge on any atom is 0.0417 e. The van der Waals surface area contributed by atoms with E-state index in [2.05, 4.69) is 40.8 Å². The number of hydrogen-bond donors (Lipinski definition) is 0. The third-order valence-electron chi connectivity index (χ3n) is 1.46. The highest BCUT2D eigenvalue weighted by atomic mass is 79.9. The van der Waals surface area contributed by atoms with Crippen LogP contribution < -0.4 is 0 Å². The van der Waals surface area contributed by atoms with E-state index >= 15 is 0 Å². The Balaban J connectivity index is 2.71. The Hall–Kier alpha value is -0.370. The number of pyridine rings is 1.